The minimum atomic E-state index is -0.145. The van der Waals surface area contributed by atoms with Gasteiger partial charge in [-0.05, 0) is 50.0 Å². The van der Waals surface area contributed by atoms with Gasteiger partial charge in [-0.1, -0.05) is 44.2 Å². The molecule has 1 aromatic rings. The van der Waals surface area contributed by atoms with Crippen molar-refractivity contribution in [2.45, 2.75) is 59.0 Å². The summed E-state index contributed by atoms with van der Waals surface area (Å²) in [4.78, 5) is 7.20. The Labute approximate surface area is 153 Å². The van der Waals surface area contributed by atoms with Gasteiger partial charge in [0, 0.05) is 26.2 Å². The van der Waals surface area contributed by atoms with Crippen LogP contribution >= 0.6 is 0 Å². The van der Waals surface area contributed by atoms with Crippen LogP contribution in [0, 0.1) is 5.41 Å². The molecule has 0 aliphatic carbocycles. The minimum Gasteiger partial charge on any atom is -0.393 e. The number of benzene rings is 1. The van der Waals surface area contributed by atoms with Gasteiger partial charge in [0.25, 0.3) is 0 Å². The summed E-state index contributed by atoms with van der Waals surface area (Å²) in [6, 6.07) is 10.7. The summed E-state index contributed by atoms with van der Waals surface area (Å²) in [7, 11) is 0. The highest BCUT2D eigenvalue weighted by Gasteiger charge is 2.22. The van der Waals surface area contributed by atoms with E-state index in [1.807, 2.05) is 0 Å². The van der Waals surface area contributed by atoms with E-state index < -0.39 is 0 Å². The first kappa shape index (κ1) is 19.8. The summed E-state index contributed by atoms with van der Waals surface area (Å²) >= 11 is 0. The summed E-state index contributed by atoms with van der Waals surface area (Å²) in [6.45, 7) is 10.2. The standard InChI is InChI=1S/C21H35N3O/c1-4-22-20(24-15-12-19(25)13-16-24)23-17-21(2,3)14-8-11-18-9-6-5-7-10-18/h5-7,9-10,19,25H,4,8,11-17H2,1-3H3,(H,22,23). The summed E-state index contributed by atoms with van der Waals surface area (Å²) in [5, 5.41) is 13.1. The van der Waals surface area contributed by atoms with Crippen molar-refractivity contribution in [3.05, 3.63) is 35.9 Å². The van der Waals surface area contributed by atoms with Crippen molar-refractivity contribution in [3.8, 4) is 0 Å². The van der Waals surface area contributed by atoms with Crippen molar-refractivity contribution in [3.63, 3.8) is 0 Å². The zero-order valence-electron chi connectivity index (χ0n) is 16.2. The number of nitrogens with zero attached hydrogens (tertiary/aromatic N) is 2. The van der Waals surface area contributed by atoms with E-state index in [2.05, 4.69) is 61.3 Å². The number of aliphatic hydroxyl groups excluding tert-OH is 1. The Morgan fingerprint density at radius 3 is 2.56 bits per heavy atom. The highest BCUT2D eigenvalue weighted by molar-refractivity contribution is 5.80. The molecule has 2 rings (SSSR count). The molecule has 1 saturated heterocycles. The van der Waals surface area contributed by atoms with Crippen molar-refractivity contribution in [1.29, 1.82) is 0 Å². The van der Waals surface area contributed by atoms with Crippen LogP contribution in [0.5, 0.6) is 0 Å². The third-order valence-corrected chi connectivity index (χ3v) is 4.92. The van der Waals surface area contributed by atoms with E-state index in [0.717, 1.165) is 51.4 Å². The predicted octanol–water partition coefficient (Wildman–Crippen LogP) is 3.46. The minimum absolute atomic E-state index is 0.145. The molecule has 0 aromatic heterocycles. The molecule has 1 heterocycles. The zero-order chi connectivity index (χ0) is 18.1. The lowest BCUT2D eigenvalue weighted by atomic mass is 9.86. The molecular formula is C21H35N3O. The molecule has 0 saturated carbocycles. The first-order chi connectivity index (χ1) is 12.0. The van der Waals surface area contributed by atoms with Gasteiger partial charge in [-0.2, -0.15) is 0 Å². The van der Waals surface area contributed by atoms with Crippen LogP contribution in [0.3, 0.4) is 0 Å². The molecule has 25 heavy (non-hydrogen) atoms. The molecule has 1 aliphatic heterocycles. The van der Waals surface area contributed by atoms with Gasteiger partial charge in [0.2, 0.25) is 0 Å². The van der Waals surface area contributed by atoms with Gasteiger partial charge < -0.3 is 15.3 Å². The molecule has 0 atom stereocenters. The molecule has 1 fully saturated rings. The van der Waals surface area contributed by atoms with Crippen LogP contribution in [0.25, 0.3) is 0 Å². The second-order valence-electron chi connectivity index (χ2n) is 7.89. The third kappa shape index (κ3) is 7.07. The Kier molecular flexibility index (Phi) is 7.76. The molecule has 2 N–H and O–H groups in total. The summed E-state index contributed by atoms with van der Waals surface area (Å²) in [5.74, 6) is 1.01. The van der Waals surface area contributed by atoms with Gasteiger partial charge in [-0.25, -0.2) is 0 Å². The Morgan fingerprint density at radius 1 is 1.24 bits per heavy atom. The van der Waals surface area contributed by atoms with Crippen LogP contribution in [0.4, 0.5) is 0 Å². The van der Waals surface area contributed by atoms with Gasteiger partial charge in [-0.3, -0.25) is 4.99 Å². The summed E-state index contributed by atoms with van der Waals surface area (Å²) in [6.07, 6.45) is 5.03. The van der Waals surface area contributed by atoms with Gasteiger partial charge >= 0.3 is 0 Å². The summed E-state index contributed by atoms with van der Waals surface area (Å²) in [5.41, 5.74) is 1.62. The molecule has 1 aromatic carbocycles. The number of guanidine groups is 1. The molecule has 4 nitrogen and oxygen atoms in total. The lowest BCUT2D eigenvalue weighted by Crippen LogP contribution is -2.47. The van der Waals surface area contributed by atoms with Gasteiger partial charge in [0.15, 0.2) is 5.96 Å². The maximum atomic E-state index is 9.70. The van der Waals surface area contributed by atoms with Crippen molar-refractivity contribution < 1.29 is 5.11 Å². The largest absolute Gasteiger partial charge is 0.393 e. The SMILES string of the molecule is CCNC(=NCC(C)(C)CCCc1ccccc1)N1CCC(O)CC1. The fourth-order valence-electron chi connectivity index (χ4n) is 3.29. The maximum Gasteiger partial charge on any atom is 0.193 e. The van der Waals surface area contributed by atoms with E-state index in [1.165, 1.54) is 18.4 Å². The van der Waals surface area contributed by atoms with Gasteiger partial charge in [0.1, 0.15) is 0 Å². The van der Waals surface area contributed by atoms with Gasteiger partial charge in [-0.15, -0.1) is 0 Å². The monoisotopic (exact) mass is 345 g/mol. The average Bonchev–Trinajstić information content (AvgIpc) is 2.60. The highest BCUT2D eigenvalue weighted by atomic mass is 16.3. The van der Waals surface area contributed by atoms with Crippen LogP contribution in [0.2, 0.25) is 0 Å². The molecule has 0 amide bonds. The van der Waals surface area contributed by atoms with Crippen molar-refractivity contribution >= 4 is 5.96 Å². The molecule has 0 radical (unpaired) electrons. The number of likely N-dealkylation sites (tertiary alicyclic amines) is 1. The Bertz CT molecular complexity index is 519. The van der Waals surface area contributed by atoms with Crippen LogP contribution < -0.4 is 5.32 Å². The quantitative estimate of drug-likeness (QED) is 0.588. The number of hydrogen-bond donors (Lipinski definition) is 2. The van der Waals surface area contributed by atoms with Crippen LogP contribution in [-0.4, -0.2) is 48.2 Å². The smallest absolute Gasteiger partial charge is 0.193 e. The Hall–Kier alpha value is -1.55. The topological polar surface area (TPSA) is 47.9 Å². The predicted molar refractivity (Wildman–Crippen MR) is 106 cm³/mol. The molecule has 1 aliphatic rings. The summed E-state index contributed by atoms with van der Waals surface area (Å²) < 4.78 is 0. The number of piperidine rings is 1. The number of nitrogens with one attached hydrogen (secondary N) is 1. The third-order valence-electron chi connectivity index (χ3n) is 4.92. The van der Waals surface area contributed by atoms with E-state index in [1.54, 1.807) is 0 Å². The van der Waals surface area contributed by atoms with E-state index in [4.69, 9.17) is 4.99 Å². The van der Waals surface area contributed by atoms with E-state index in [-0.39, 0.29) is 11.5 Å². The number of rotatable bonds is 7. The van der Waals surface area contributed by atoms with E-state index >= 15 is 0 Å². The number of aliphatic hydroxyl groups is 1. The number of aliphatic imine (C=N–C) groups is 1. The molecule has 4 heteroatoms. The molecule has 0 unspecified atom stereocenters. The lowest BCUT2D eigenvalue weighted by molar-refractivity contribution is 0.108. The fourth-order valence-corrected chi connectivity index (χ4v) is 3.29. The first-order valence-electron chi connectivity index (χ1n) is 9.75. The molecular weight excluding hydrogens is 310 g/mol. The van der Waals surface area contributed by atoms with Crippen LogP contribution in [0.15, 0.2) is 35.3 Å². The second-order valence-corrected chi connectivity index (χ2v) is 7.89. The number of aryl methyl sites for hydroxylation is 1. The Balaban J connectivity index is 1.84. The first-order valence-corrected chi connectivity index (χ1v) is 9.75. The molecule has 0 bridgehead atoms. The normalized spacial score (nSPS) is 17.0. The fraction of sp³-hybridized carbons (Fsp3) is 0.667. The Morgan fingerprint density at radius 2 is 1.92 bits per heavy atom. The van der Waals surface area contributed by atoms with Gasteiger partial charge in [0.05, 0.1) is 6.10 Å². The number of hydrogen-bond acceptors (Lipinski definition) is 2. The zero-order valence-corrected chi connectivity index (χ0v) is 16.2. The van der Waals surface area contributed by atoms with Crippen molar-refractivity contribution in [2.24, 2.45) is 10.4 Å². The maximum absolute atomic E-state index is 9.70. The van der Waals surface area contributed by atoms with Crippen molar-refractivity contribution in [2.75, 3.05) is 26.2 Å². The second kappa shape index (κ2) is 9.81. The average molecular weight is 346 g/mol. The molecule has 0 spiro atoms. The highest BCUT2D eigenvalue weighted by Crippen LogP contribution is 2.24. The van der Waals surface area contributed by atoms with E-state index in [0.29, 0.717) is 0 Å². The van der Waals surface area contributed by atoms with Crippen LogP contribution in [0.1, 0.15) is 52.0 Å². The van der Waals surface area contributed by atoms with Crippen molar-refractivity contribution in [1.82, 2.24) is 10.2 Å². The van der Waals surface area contributed by atoms with E-state index in [9.17, 15) is 5.11 Å². The molecule has 140 valence electrons. The lowest BCUT2D eigenvalue weighted by Gasteiger charge is -2.33. The van der Waals surface area contributed by atoms with Crippen LogP contribution in [-0.2, 0) is 6.42 Å².